The number of nitrogens with one attached hydrogen (secondary N) is 1. The lowest BCUT2D eigenvalue weighted by atomic mass is 10.00. The smallest absolute Gasteiger partial charge is 0.224 e. The maximum absolute atomic E-state index is 12.5. The molecule has 3 saturated heterocycles. The van der Waals surface area contributed by atoms with Crippen LogP contribution in [0.4, 0.5) is 0 Å². The van der Waals surface area contributed by atoms with Gasteiger partial charge in [-0.15, -0.1) is 0 Å². The average molecular weight is 381 g/mol. The van der Waals surface area contributed by atoms with Crippen molar-refractivity contribution in [3.8, 4) is 0 Å². The van der Waals surface area contributed by atoms with Gasteiger partial charge in [0, 0.05) is 45.8 Å². The van der Waals surface area contributed by atoms with E-state index >= 15 is 0 Å². The van der Waals surface area contributed by atoms with Gasteiger partial charge < -0.3 is 24.6 Å². The van der Waals surface area contributed by atoms with Crippen LogP contribution in [0.2, 0.25) is 0 Å². The van der Waals surface area contributed by atoms with Crippen LogP contribution >= 0.6 is 0 Å². The second kappa shape index (κ2) is 10.3. The zero-order valence-electron chi connectivity index (χ0n) is 17.0. The van der Waals surface area contributed by atoms with Crippen molar-refractivity contribution in [1.29, 1.82) is 0 Å². The number of nitrogens with zero attached hydrogens (tertiary/aromatic N) is 3. The molecule has 1 amide bonds. The quantitative estimate of drug-likeness (QED) is 0.578. The van der Waals surface area contributed by atoms with Crippen molar-refractivity contribution in [2.45, 2.75) is 58.2 Å². The number of rotatable bonds is 5. The molecule has 7 nitrogen and oxygen atoms in total. The van der Waals surface area contributed by atoms with Gasteiger partial charge in [-0.1, -0.05) is 6.92 Å². The lowest BCUT2D eigenvalue weighted by Crippen LogP contribution is -2.53. The Hall–Kier alpha value is -1.34. The summed E-state index contributed by atoms with van der Waals surface area (Å²) in [5.74, 6) is 1.75. The number of piperidine rings is 1. The van der Waals surface area contributed by atoms with Crippen molar-refractivity contribution in [1.82, 2.24) is 15.1 Å². The highest BCUT2D eigenvalue weighted by Crippen LogP contribution is 2.21. The van der Waals surface area contributed by atoms with Gasteiger partial charge in [0.05, 0.1) is 19.3 Å². The number of morpholine rings is 1. The minimum Gasteiger partial charge on any atom is -0.375 e. The largest absolute Gasteiger partial charge is 0.375 e. The van der Waals surface area contributed by atoms with Gasteiger partial charge in [-0.05, 0) is 38.5 Å². The average Bonchev–Trinajstić information content (AvgIpc) is 3.22. The Morgan fingerprint density at radius 2 is 1.93 bits per heavy atom. The van der Waals surface area contributed by atoms with Gasteiger partial charge in [0.1, 0.15) is 6.10 Å². The first-order chi connectivity index (χ1) is 13.2. The molecule has 0 spiro atoms. The van der Waals surface area contributed by atoms with E-state index in [4.69, 9.17) is 14.5 Å². The molecule has 0 saturated carbocycles. The van der Waals surface area contributed by atoms with Crippen molar-refractivity contribution < 1.29 is 14.3 Å². The highest BCUT2D eigenvalue weighted by Gasteiger charge is 2.32. The van der Waals surface area contributed by atoms with E-state index in [0.717, 1.165) is 64.6 Å². The third-order valence-corrected chi connectivity index (χ3v) is 5.70. The van der Waals surface area contributed by atoms with Crippen LogP contribution < -0.4 is 5.32 Å². The summed E-state index contributed by atoms with van der Waals surface area (Å²) < 4.78 is 11.7. The van der Waals surface area contributed by atoms with E-state index in [2.05, 4.69) is 24.1 Å². The number of hydrogen-bond donors (Lipinski definition) is 1. The number of guanidine groups is 1. The fourth-order valence-corrected chi connectivity index (χ4v) is 4.25. The molecule has 0 aromatic carbocycles. The second-order valence-electron chi connectivity index (χ2n) is 7.98. The van der Waals surface area contributed by atoms with E-state index in [1.165, 1.54) is 6.42 Å². The molecule has 0 aromatic rings. The predicted molar refractivity (Wildman–Crippen MR) is 106 cm³/mol. The lowest BCUT2D eigenvalue weighted by molar-refractivity contribution is -0.132. The van der Waals surface area contributed by atoms with Crippen molar-refractivity contribution >= 4 is 11.9 Å². The van der Waals surface area contributed by atoms with Crippen molar-refractivity contribution in [3.05, 3.63) is 0 Å². The minimum atomic E-state index is 0.113. The monoisotopic (exact) mass is 380 g/mol. The first kappa shape index (κ1) is 20.4. The summed E-state index contributed by atoms with van der Waals surface area (Å²) in [4.78, 5) is 21.5. The summed E-state index contributed by atoms with van der Waals surface area (Å²) in [5, 5.41) is 3.38. The summed E-state index contributed by atoms with van der Waals surface area (Å²) in [6, 6.07) is 0. The van der Waals surface area contributed by atoms with Crippen LogP contribution in [0.3, 0.4) is 0 Å². The van der Waals surface area contributed by atoms with Crippen LogP contribution in [0.15, 0.2) is 4.99 Å². The molecule has 3 aliphatic heterocycles. The molecule has 0 radical (unpaired) electrons. The molecule has 3 aliphatic rings. The summed E-state index contributed by atoms with van der Waals surface area (Å²) in [7, 11) is 0. The van der Waals surface area contributed by atoms with Gasteiger partial charge in [0.15, 0.2) is 5.96 Å². The van der Waals surface area contributed by atoms with E-state index in [1.54, 1.807) is 0 Å². The summed E-state index contributed by atoms with van der Waals surface area (Å²) in [5.41, 5.74) is 0. The van der Waals surface area contributed by atoms with Gasteiger partial charge in [-0.25, -0.2) is 0 Å². The molecule has 3 unspecified atom stereocenters. The maximum atomic E-state index is 12.5. The molecule has 7 heteroatoms. The molecule has 3 atom stereocenters. The predicted octanol–water partition coefficient (Wildman–Crippen LogP) is 1.48. The van der Waals surface area contributed by atoms with Crippen LogP contribution in [0.1, 0.15) is 46.0 Å². The van der Waals surface area contributed by atoms with Crippen LogP contribution in [0.25, 0.3) is 0 Å². The number of aliphatic imine (C=N–C) groups is 1. The number of carbonyl (C=O) groups excluding carboxylic acids is 1. The highest BCUT2D eigenvalue weighted by atomic mass is 16.5. The highest BCUT2D eigenvalue weighted by molar-refractivity contribution is 5.81. The number of ether oxygens (including phenoxy) is 2. The van der Waals surface area contributed by atoms with Gasteiger partial charge in [0.25, 0.3) is 0 Å². The fraction of sp³-hybridized carbons (Fsp3) is 0.900. The first-order valence-corrected chi connectivity index (χ1v) is 10.7. The molecule has 3 heterocycles. The molecule has 27 heavy (non-hydrogen) atoms. The topological polar surface area (TPSA) is 66.4 Å². The lowest BCUT2D eigenvalue weighted by Gasteiger charge is -2.37. The van der Waals surface area contributed by atoms with E-state index < -0.39 is 0 Å². The molecule has 1 N–H and O–H groups in total. The normalized spacial score (nSPS) is 29.9. The number of likely N-dealkylation sites (tertiary alicyclic amines) is 1. The van der Waals surface area contributed by atoms with Gasteiger partial charge in [-0.3, -0.25) is 9.79 Å². The Bertz CT molecular complexity index is 507. The second-order valence-corrected chi connectivity index (χ2v) is 7.98. The fourth-order valence-electron chi connectivity index (χ4n) is 4.25. The van der Waals surface area contributed by atoms with Crippen LogP contribution in [0, 0.1) is 5.92 Å². The molecule has 154 valence electrons. The summed E-state index contributed by atoms with van der Waals surface area (Å²) >= 11 is 0. The molecule has 0 aliphatic carbocycles. The van der Waals surface area contributed by atoms with Gasteiger partial charge in [0.2, 0.25) is 5.91 Å². The van der Waals surface area contributed by atoms with Gasteiger partial charge >= 0.3 is 0 Å². The molecule has 0 bridgehead atoms. The van der Waals surface area contributed by atoms with E-state index in [-0.39, 0.29) is 18.1 Å². The van der Waals surface area contributed by atoms with Crippen molar-refractivity contribution in [2.24, 2.45) is 10.9 Å². The van der Waals surface area contributed by atoms with Crippen LogP contribution in [0.5, 0.6) is 0 Å². The Morgan fingerprint density at radius 3 is 2.67 bits per heavy atom. The Morgan fingerprint density at radius 1 is 1.07 bits per heavy atom. The summed E-state index contributed by atoms with van der Waals surface area (Å²) in [6.07, 6.45) is 5.36. The molecule has 3 rings (SSSR count). The SMILES string of the molecule is CCNC(=NCCC(=O)N1CCCC(C)C1)N1CCOC(C2CCCO2)C1. The Labute approximate surface area is 163 Å². The first-order valence-electron chi connectivity index (χ1n) is 10.7. The van der Waals surface area contributed by atoms with Crippen LogP contribution in [-0.2, 0) is 14.3 Å². The zero-order chi connectivity index (χ0) is 19.1. The number of amides is 1. The number of hydrogen-bond acceptors (Lipinski definition) is 4. The molecule has 0 aromatic heterocycles. The van der Waals surface area contributed by atoms with E-state index in [9.17, 15) is 4.79 Å². The number of carbonyl (C=O) groups is 1. The molecule has 3 fully saturated rings. The van der Waals surface area contributed by atoms with E-state index in [0.29, 0.717) is 25.5 Å². The maximum Gasteiger partial charge on any atom is 0.224 e. The molecular weight excluding hydrogens is 344 g/mol. The zero-order valence-corrected chi connectivity index (χ0v) is 17.0. The minimum absolute atomic E-state index is 0.113. The van der Waals surface area contributed by atoms with Crippen molar-refractivity contribution in [3.63, 3.8) is 0 Å². The van der Waals surface area contributed by atoms with Crippen LogP contribution in [-0.4, -0.2) is 86.4 Å². The third-order valence-electron chi connectivity index (χ3n) is 5.70. The van der Waals surface area contributed by atoms with Crippen molar-refractivity contribution in [2.75, 3.05) is 52.5 Å². The third kappa shape index (κ3) is 5.82. The summed E-state index contributed by atoms with van der Waals surface area (Å²) in [6.45, 7) is 10.6. The van der Waals surface area contributed by atoms with E-state index in [1.807, 2.05) is 4.90 Å². The molecular formula is C20H36N4O3. The van der Waals surface area contributed by atoms with Gasteiger partial charge in [-0.2, -0.15) is 0 Å². The standard InChI is InChI=1S/C20H36N4O3/c1-3-21-20(22-9-8-19(25)23-10-4-6-16(2)14-23)24-11-13-27-18(15-24)17-7-5-12-26-17/h16-18H,3-15H2,1-2H3,(H,21,22). The Balaban J connectivity index is 1.51. The Kier molecular flexibility index (Phi) is 7.76.